The largest absolute Gasteiger partial charge is 0.493 e. The molecule has 9 nitrogen and oxygen atoms in total. The first-order valence-electron chi connectivity index (χ1n) is 10.0. The summed E-state index contributed by atoms with van der Waals surface area (Å²) in [6, 6.07) is 3.02. The number of nitrogens with two attached hydrogens (primary N) is 1. The fourth-order valence-electron chi connectivity index (χ4n) is 3.56. The lowest BCUT2D eigenvalue weighted by atomic mass is 10.0. The minimum absolute atomic E-state index is 0.202. The van der Waals surface area contributed by atoms with Crippen LogP contribution >= 0.6 is 11.3 Å². The zero-order valence-corrected chi connectivity index (χ0v) is 18.8. The number of nitrogens with one attached hydrogen (secondary N) is 1. The van der Waals surface area contributed by atoms with Crippen molar-refractivity contribution in [3.8, 4) is 17.2 Å². The van der Waals surface area contributed by atoms with Gasteiger partial charge in [-0.15, -0.1) is 11.3 Å². The van der Waals surface area contributed by atoms with Crippen LogP contribution in [0.4, 0.5) is 5.13 Å². The Morgan fingerprint density at radius 3 is 2.61 bits per heavy atom. The molecule has 10 heteroatoms. The standard InChI is InChI=1S/C21H28N4O5S/c1-13-5-4-6-25(9-13)10-15-12-31-21(23-15)24-20(27)14-7-16(28-2)19(17(8-14)29-3)30-11-18(22)26/h7-8,12-13H,4-6,9-11H2,1-3H3,(H2,22,26)(H,23,24,27). The number of likely N-dealkylation sites (tertiary alicyclic amines) is 1. The van der Waals surface area contributed by atoms with E-state index in [0.717, 1.165) is 25.3 Å². The first-order chi connectivity index (χ1) is 14.9. The molecular weight excluding hydrogens is 420 g/mol. The maximum absolute atomic E-state index is 12.8. The first kappa shape index (κ1) is 22.8. The summed E-state index contributed by atoms with van der Waals surface area (Å²) in [4.78, 5) is 30.8. The van der Waals surface area contributed by atoms with E-state index in [1.54, 1.807) is 0 Å². The van der Waals surface area contributed by atoms with Crippen molar-refractivity contribution < 1.29 is 23.8 Å². The summed E-state index contributed by atoms with van der Waals surface area (Å²) in [6.45, 7) is 4.86. The van der Waals surface area contributed by atoms with Gasteiger partial charge in [-0.25, -0.2) is 4.98 Å². The number of nitrogens with zero attached hydrogens (tertiary/aromatic N) is 2. The molecule has 1 saturated heterocycles. The lowest BCUT2D eigenvalue weighted by Crippen LogP contribution is -2.33. The van der Waals surface area contributed by atoms with Crippen molar-refractivity contribution in [2.24, 2.45) is 11.7 Å². The van der Waals surface area contributed by atoms with Gasteiger partial charge in [0.25, 0.3) is 11.8 Å². The predicted octanol–water partition coefficient (Wildman–Crippen LogP) is 2.51. The summed E-state index contributed by atoms with van der Waals surface area (Å²) < 4.78 is 16.0. The highest BCUT2D eigenvalue weighted by Gasteiger charge is 2.20. The molecular formula is C21H28N4O5S. The first-order valence-corrected chi connectivity index (χ1v) is 10.9. The Hall–Kier alpha value is -2.85. The van der Waals surface area contributed by atoms with Crippen molar-refractivity contribution in [2.45, 2.75) is 26.3 Å². The topological polar surface area (TPSA) is 116 Å². The van der Waals surface area contributed by atoms with E-state index in [1.165, 1.54) is 50.5 Å². The maximum Gasteiger partial charge on any atom is 0.257 e. The highest BCUT2D eigenvalue weighted by atomic mass is 32.1. The molecule has 1 atom stereocenters. The summed E-state index contributed by atoms with van der Waals surface area (Å²) >= 11 is 1.39. The number of carbonyl (C=O) groups is 2. The molecule has 0 spiro atoms. The molecule has 1 aliphatic heterocycles. The number of thiazole rings is 1. The SMILES string of the molecule is COc1cc(C(=O)Nc2nc(CN3CCCC(C)C3)cs2)cc(OC)c1OCC(N)=O. The fourth-order valence-corrected chi connectivity index (χ4v) is 4.26. The number of hydrogen-bond donors (Lipinski definition) is 2. The molecule has 2 aromatic rings. The van der Waals surface area contributed by atoms with E-state index in [4.69, 9.17) is 19.9 Å². The quantitative estimate of drug-likeness (QED) is 0.605. The van der Waals surface area contributed by atoms with E-state index in [-0.39, 0.29) is 29.8 Å². The van der Waals surface area contributed by atoms with Crippen LogP contribution in [-0.4, -0.2) is 55.6 Å². The summed E-state index contributed by atoms with van der Waals surface area (Å²) in [6.07, 6.45) is 2.48. The molecule has 168 valence electrons. The van der Waals surface area contributed by atoms with E-state index >= 15 is 0 Å². The normalized spacial score (nSPS) is 16.5. The second-order valence-electron chi connectivity index (χ2n) is 7.55. The van der Waals surface area contributed by atoms with Crippen molar-refractivity contribution in [3.63, 3.8) is 0 Å². The van der Waals surface area contributed by atoms with E-state index in [2.05, 4.69) is 22.1 Å². The highest BCUT2D eigenvalue weighted by molar-refractivity contribution is 7.14. The van der Waals surface area contributed by atoms with Gasteiger partial charge in [0.2, 0.25) is 5.75 Å². The predicted molar refractivity (Wildman–Crippen MR) is 118 cm³/mol. The van der Waals surface area contributed by atoms with E-state index in [1.807, 2.05) is 5.38 Å². The smallest absolute Gasteiger partial charge is 0.257 e. The van der Waals surface area contributed by atoms with Crippen LogP contribution in [0.5, 0.6) is 17.2 Å². The van der Waals surface area contributed by atoms with E-state index in [0.29, 0.717) is 16.6 Å². The molecule has 2 amide bonds. The van der Waals surface area contributed by atoms with Gasteiger partial charge in [-0.3, -0.25) is 19.8 Å². The van der Waals surface area contributed by atoms with Gasteiger partial charge >= 0.3 is 0 Å². The summed E-state index contributed by atoms with van der Waals surface area (Å²) in [7, 11) is 2.87. The van der Waals surface area contributed by atoms with Crippen molar-refractivity contribution in [1.82, 2.24) is 9.88 Å². The van der Waals surface area contributed by atoms with Gasteiger partial charge in [-0.2, -0.15) is 0 Å². The Kier molecular flexibility index (Phi) is 7.69. The van der Waals surface area contributed by atoms with Crippen LogP contribution in [0.1, 0.15) is 35.8 Å². The molecule has 1 fully saturated rings. The van der Waals surface area contributed by atoms with Crippen LogP contribution < -0.4 is 25.3 Å². The van der Waals surface area contributed by atoms with Gasteiger partial charge in [0.15, 0.2) is 23.2 Å². The van der Waals surface area contributed by atoms with Crippen LogP contribution in [0.3, 0.4) is 0 Å². The van der Waals surface area contributed by atoms with Gasteiger partial charge in [-0.05, 0) is 37.4 Å². The van der Waals surface area contributed by atoms with Gasteiger partial charge < -0.3 is 19.9 Å². The number of ether oxygens (including phenoxy) is 3. The number of methoxy groups -OCH3 is 2. The van der Waals surface area contributed by atoms with Crippen molar-refractivity contribution in [1.29, 1.82) is 0 Å². The number of carbonyl (C=O) groups excluding carboxylic acids is 2. The molecule has 3 N–H and O–H groups in total. The Balaban J connectivity index is 1.70. The number of hydrogen-bond acceptors (Lipinski definition) is 8. The average molecular weight is 449 g/mol. The molecule has 1 aromatic heterocycles. The van der Waals surface area contributed by atoms with Gasteiger partial charge in [0.1, 0.15) is 0 Å². The molecule has 1 aliphatic rings. The number of piperidine rings is 1. The molecule has 31 heavy (non-hydrogen) atoms. The second kappa shape index (κ2) is 10.5. The van der Waals surface area contributed by atoms with Crippen LogP contribution in [0.15, 0.2) is 17.5 Å². The molecule has 2 heterocycles. The number of rotatable bonds is 9. The average Bonchev–Trinajstić information content (AvgIpc) is 3.17. The van der Waals surface area contributed by atoms with Crippen molar-refractivity contribution in [3.05, 3.63) is 28.8 Å². The van der Waals surface area contributed by atoms with Gasteiger partial charge in [-0.1, -0.05) is 6.92 Å². The third-order valence-corrected chi connectivity index (χ3v) is 5.79. The van der Waals surface area contributed by atoms with E-state index in [9.17, 15) is 9.59 Å². The molecule has 1 unspecified atom stereocenters. The maximum atomic E-state index is 12.8. The van der Waals surface area contributed by atoms with E-state index < -0.39 is 5.91 Å². The van der Waals surface area contributed by atoms with Crippen LogP contribution in [-0.2, 0) is 11.3 Å². The Labute approximate surface area is 185 Å². The number of primary amides is 1. The fraction of sp³-hybridized carbons (Fsp3) is 0.476. The number of benzene rings is 1. The number of aromatic nitrogens is 1. The van der Waals surface area contributed by atoms with Crippen molar-refractivity contribution in [2.75, 3.05) is 39.2 Å². The zero-order chi connectivity index (χ0) is 22.4. The third kappa shape index (κ3) is 6.08. The van der Waals surface area contributed by atoms with Gasteiger partial charge in [0, 0.05) is 24.0 Å². The molecule has 0 bridgehead atoms. The monoisotopic (exact) mass is 448 g/mol. The molecule has 3 rings (SSSR count). The molecule has 1 aromatic carbocycles. The van der Waals surface area contributed by atoms with Crippen LogP contribution in [0, 0.1) is 5.92 Å². The minimum Gasteiger partial charge on any atom is -0.493 e. The minimum atomic E-state index is -0.635. The zero-order valence-electron chi connectivity index (χ0n) is 18.0. The number of anilines is 1. The second-order valence-corrected chi connectivity index (χ2v) is 8.40. The number of amides is 2. The lowest BCUT2D eigenvalue weighted by Gasteiger charge is -2.30. The lowest BCUT2D eigenvalue weighted by molar-refractivity contribution is -0.120. The summed E-state index contributed by atoms with van der Waals surface area (Å²) in [5, 5.41) is 5.31. The van der Waals surface area contributed by atoms with Gasteiger partial charge in [0.05, 0.1) is 19.9 Å². The highest BCUT2D eigenvalue weighted by Crippen LogP contribution is 2.38. The van der Waals surface area contributed by atoms with Crippen LogP contribution in [0.25, 0.3) is 0 Å². The molecule has 0 radical (unpaired) electrons. The van der Waals surface area contributed by atoms with Crippen molar-refractivity contribution >= 4 is 28.3 Å². The Bertz CT molecular complexity index is 907. The summed E-state index contributed by atoms with van der Waals surface area (Å²) in [5.74, 6) is 0.420. The third-order valence-electron chi connectivity index (χ3n) is 4.98. The summed E-state index contributed by atoms with van der Waals surface area (Å²) in [5.41, 5.74) is 6.39. The van der Waals surface area contributed by atoms with Crippen LogP contribution in [0.2, 0.25) is 0 Å². The Morgan fingerprint density at radius 2 is 2.00 bits per heavy atom. The molecule has 0 aliphatic carbocycles. The Morgan fingerprint density at radius 1 is 1.29 bits per heavy atom. The molecule has 0 saturated carbocycles.